The van der Waals surface area contributed by atoms with Crippen molar-refractivity contribution >= 4 is 17.8 Å². The van der Waals surface area contributed by atoms with Crippen LogP contribution in [0.1, 0.15) is 49.7 Å². The predicted octanol–water partition coefficient (Wildman–Crippen LogP) is 2.91. The van der Waals surface area contributed by atoms with Crippen LogP contribution in [0.2, 0.25) is 0 Å². The molecule has 4 aliphatic heterocycles. The maximum Gasteiger partial charge on any atom is 0.327 e. The second kappa shape index (κ2) is 7.66. The third-order valence-corrected chi connectivity index (χ3v) is 6.97. The minimum atomic E-state index is -0.0843. The van der Waals surface area contributed by atoms with Gasteiger partial charge in [0.1, 0.15) is 12.0 Å². The van der Waals surface area contributed by atoms with Gasteiger partial charge in [0.2, 0.25) is 0 Å². The molecule has 0 aliphatic carbocycles. The molecule has 3 unspecified atom stereocenters. The van der Waals surface area contributed by atoms with Crippen LogP contribution < -0.4 is 10.6 Å². The van der Waals surface area contributed by atoms with E-state index >= 15 is 0 Å². The number of carbonyl (C=O) groups is 1. The second-order valence-corrected chi connectivity index (χ2v) is 10.6. The number of aromatic amines is 1. The molecular formula is C25H33N5O2. The summed E-state index contributed by atoms with van der Waals surface area (Å²) in [4.78, 5) is 35.5. The van der Waals surface area contributed by atoms with Gasteiger partial charge in [-0.15, -0.1) is 0 Å². The van der Waals surface area contributed by atoms with Gasteiger partial charge < -0.3 is 14.8 Å². The van der Waals surface area contributed by atoms with Crippen molar-refractivity contribution in [2.75, 3.05) is 24.5 Å². The maximum absolute atomic E-state index is 13.2. The molecule has 7 nitrogen and oxygen atoms in total. The fourth-order valence-corrected chi connectivity index (χ4v) is 5.56. The molecule has 32 heavy (non-hydrogen) atoms. The first-order valence-electron chi connectivity index (χ1n) is 11.6. The zero-order valence-electron chi connectivity index (χ0n) is 19.4. The summed E-state index contributed by atoms with van der Waals surface area (Å²) in [5.74, 6) is 1.09. The zero-order chi connectivity index (χ0) is 22.6. The van der Waals surface area contributed by atoms with E-state index in [0.717, 1.165) is 49.6 Å². The summed E-state index contributed by atoms with van der Waals surface area (Å²) in [5, 5.41) is 0. The van der Waals surface area contributed by atoms with Gasteiger partial charge in [-0.05, 0) is 42.5 Å². The Morgan fingerprint density at radius 2 is 1.81 bits per heavy atom. The monoisotopic (exact) mass is 435 g/mol. The summed E-state index contributed by atoms with van der Waals surface area (Å²) in [6.07, 6.45) is 6.48. The molecule has 1 aromatic heterocycles. The van der Waals surface area contributed by atoms with Crippen LogP contribution in [0.15, 0.2) is 41.2 Å². The van der Waals surface area contributed by atoms with E-state index in [9.17, 15) is 9.59 Å². The van der Waals surface area contributed by atoms with Gasteiger partial charge >= 0.3 is 5.69 Å². The molecule has 3 atom stereocenters. The molecule has 1 N–H and O–H groups in total. The number of nitrogens with zero attached hydrogens (tertiary/aromatic N) is 4. The number of H-pyrrole nitrogens is 1. The van der Waals surface area contributed by atoms with Gasteiger partial charge in [-0.3, -0.25) is 14.3 Å². The molecule has 1 amide bonds. The molecule has 2 bridgehead atoms. The number of anilines is 1. The number of piperazine rings is 1. The maximum atomic E-state index is 13.2. The van der Waals surface area contributed by atoms with Crippen molar-refractivity contribution in [3.63, 3.8) is 0 Å². The Labute approximate surface area is 189 Å². The van der Waals surface area contributed by atoms with Crippen LogP contribution in [0.5, 0.6) is 0 Å². The lowest BCUT2D eigenvalue weighted by atomic mass is 9.88. The van der Waals surface area contributed by atoms with Gasteiger partial charge in [0.15, 0.2) is 0 Å². The standard InChI is InChI=1S/C25H33N5O2/c1-25(2,3)16-30-21(13-12-20-22(30)27(4)24(32)26-20)28-14-19-11-10-18(28)15-29(19)23(31)17-8-6-5-7-9-17/h5-9,12-13,18-19,21H,10-11,14-16H2,1-4H3,(H,26,32). The minimum absolute atomic E-state index is 0.0676. The topological polar surface area (TPSA) is 64.6 Å². The average Bonchev–Trinajstić information content (AvgIpc) is 3.07. The highest BCUT2D eigenvalue weighted by molar-refractivity contribution is 5.94. The van der Waals surface area contributed by atoms with E-state index in [-0.39, 0.29) is 29.2 Å². The number of fused-ring (bicyclic) bond motifs is 4. The van der Waals surface area contributed by atoms with E-state index in [1.54, 1.807) is 4.57 Å². The van der Waals surface area contributed by atoms with Crippen molar-refractivity contribution in [3.05, 3.63) is 58.1 Å². The van der Waals surface area contributed by atoms with Crippen molar-refractivity contribution in [1.82, 2.24) is 19.4 Å². The zero-order valence-corrected chi connectivity index (χ0v) is 19.4. The molecular weight excluding hydrogens is 402 g/mol. The van der Waals surface area contributed by atoms with Gasteiger partial charge in [0.25, 0.3) is 5.91 Å². The first-order valence-corrected chi connectivity index (χ1v) is 11.6. The summed E-state index contributed by atoms with van der Waals surface area (Å²) >= 11 is 0. The van der Waals surface area contributed by atoms with Gasteiger partial charge in [-0.1, -0.05) is 39.0 Å². The highest BCUT2D eigenvalue weighted by Crippen LogP contribution is 2.37. The van der Waals surface area contributed by atoms with Crippen LogP contribution in [0.25, 0.3) is 6.08 Å². The first-order chi connectivity index (χ1) is 15.2. The lowest BCUT2D eigenvalue weighted by Crippen LogP contribution is -2.68. The van der Waals surface area contributed by atoms with Crippen molar-refractivity contribution in [3.8, 4) is 0 Å². The van der Waals surface area contributed by atoms with Gasteiger partial charge in [-0.25, -0.2) is 4.79 Å². The number of amides is 1. The summed E-state index contributed by atoms with van der Waals surface area (Å²) in [5.41, 5.74) is 1.63. The number of rotatable bonds is 3. The van der Waals surface area contributed by atoms with E-state index in [0.29, 0.717) is 6.04 Å². The number of piperidine rings is 2. The lowest BCUT2D eigenvalue weighted by Gasteiger charge is -2.56. The number of carbonyl (C=O) groups excluding carboxylic acids is 1. The quantitative estimate of drug-likeness (QED) is 0.805. The van der Waals surface area contributed by atoms with Crippen LogP contribution in [-0.4, -0.2) is 63.1 Å². The highest BCUT2D eigenvalue weighted by atomic mass is 16.2. The first kappa shape index (κ1) is 21.1. The van der Waals surface area contributed by atoms with E-state index in [1.807, 2.05) is 37.4 Å². The largest absolute Gasteiger partial charge is 0.336 e. The van der Waals surface area contributed by atoms with Crippen LogP contribution in [-0.2, 0) is 7.05 Å². The second-order valence-electron chi connectivity index (χ2n) is 10.6. The third kappa shape index (κ3) is 3.58. The fraction of sp³-hybridized carbons (Fsp3) is 0.520. The molecule has 3 fully saturated rings. The molecule has 0 saturated carbocycles. The third-order valence-electron chi connectivity index (χ3n) is 6.97. The van der Waals surface area contributed by atoms with E-state index in [1.165, 1.54) is 0 Å². The summed E-state index contributed by atoms with van der Waals surface area (Å²) < 4.78 is 1.73. The van der Waals surface area contributed by atoms with Crippen LogP contribution in [0.3, 0.4) is 0 Å². The molecule has 4 aliphatic rings. The SMILES string of the molecule is Cn1c2c([nH]c1=O)C=CC(N1CC3CCC1CN3C(=O)c1ccccc1)N2CC(C)(C)C. The lowest BCUT2D eigenvalue weighted by molar-refractivity contribution is -0.0247. The highest BCUT2D eigenvalue weighted by Gasteiger charge is 2.45. The number of imidazole rings is 1. The summed E-state index contributed by atoms with van der Waals surface area (Å²) in [7, 11) is 1.84. The van der Waals surface area contributed by atoms with Crippen LogP contribution in [0, 0.1) is 5.41 Å². The Kier molecular flexibility index (Phi) is 5.04. The van der Waals surface area contributed by atoms with Crippen molar-refractivity contribution in [1.29, 1.82) is 0 Å². The van der Waals surface area contributed by atoms with Gasteiger partial charge in [0.05, 0.1) is 5.69 Å². The number of nitrogens with one attached hydrogen (secondary N) is 1. The number of hydrogen-bond acceptors (Lipinski definition) is 4. The Morgan fingerprint density at radius 3 is 2.47 bits per heavy atom. The van der Waals surface area contributed by atoms with Gasteiger partial charge in [-0.2, -0.15) is 0 Å². The molecule has 3 saturated heterocycles. The fourth-order valence-electron chi connectivity index (χ4n) is 5.56. The normalized spacial score (nSPS) is 25.3. The Morgan fingerprint density at radius 1 is 1.09 bits per heavy atom. The number of hydrogen-bond donors (Lipinski definition) is 1. The Bertz CT molecular complexity index is 1090. The molecule has 0 radical (unpaired) electrons. The van der Waals surface area contributed by atoms with E-state index in [4.69, 9.17) is 0 Å². The molecule has 170 valence electrons. The molecule has 6 rings (SSSR count). The number of aromatic nitrogens is 2. The number of benzene rings is 1. The van der Waals surface area contributed by atoms with Crippen LogP contribution in [0.4, 0.5) is 5.82 Å². The summed E-state index contributed by atoms with van der Waals surface area (Å²) in [6, 6.07) is 10.1. The van der Waals surface area contributed by atoms with Crippen molar-refractivity contribution < 1.29 is 4.79 Å². The van der Waals surface area contributed by atoms with E-state index in [2.05, 4.69) is 52.6 Å². The minimum Gasteiger partial charge on any atom is -0.336 e. The average molecular weight is 436 g/mol. The molecule has 0 spiro atoms. The molecule has 5 heterocycles. The van der Waals surface area contributed by atoms with Gasteiger partial charge in [0, 0.05) is 44.3 Å². The molecule has 7 heteroatoms. The smallest absolute Gasteiger partial charge is 0.327 e. The predicted molar refractivity (Wildman–Crippen MR) is 127 cm³/mol. The molecule has 2 aromatic rings. The Balaban J connectivity index is 1.43. The van der Waals surface area contributed by atoms with Crippen molar-refractivity contribution in [2.45, 2.75) is 51.9 Å². The Hall–Kier alpha value is -2.80. The van der Waals surface area contributed by atoms with E-state index < -0.39 is 0 Å². The van der Waals surface area contributed by atoms with Crippen LogP contribution >= 0.6 is 0 Å². The van der Waals surface area contributed by atoms with Crippen molar-refractivity contribution in [2.24, 2.45) is 12.5 Å². The molecule has 1 aromatic carbocycles. The summed E-state index contributed by atoms with van der Waals surface area (Å²) in [6.45, 7) is 9.14.